The van der Waals surface area contributed by atoms with E-state index in [1.807, 2.05) is 41.3 Å². The SMILES string of the molecule is O=C1C(Nc2nc(-c3ccccc3)ns2)CCN1CCCc1ccccc1. The Labute approximate surface area is 163 Å². The molecule has 1 amide bonds. The third-order valence-electron chi connectivity index (χ3n) is 4.79. The summed E-state index contributed by atoms with van der Waals surface area (Å²) in [5.74, 6) is 0.868. The van der Waals surface area contributed by atoms with Crippen LogP contribution >= 0.6 is 11.5 Å². The van der Waals surface area contributed by atoms with Crippen LogP contribution in [0.3, 0.4) is 0 Å². The van der Waals surface area contributed by atoms with Crippen LogP contribution in [0.25, 0.3) is 11.4 Å². The summed E-state index contributed by atoms with van der Waals surface area (Å²) in [6.07, 6.45) is 2.80. The van der Waals surface area contributed by atoms with Gasteiger partial charge in [-0.2, -0.15) is 9.36 Å². The molecule has 1 atom stereocenters. The van der Waals surface area contributed by atoms with Gasteiger partial charge in [0.1, 0.15) is 6.04 Å². The molecule has 5 nitrogen and oxygen atoms in total. The van der Waals surface area contributed by atoms with Crippen molar-refractivity contribution in [2.75, 3.05) is 18.4 Å². The van der Waals surface area contributed by atoms with Crippen molar-refractivity contribution < 1.29 is 4.79 Å². The van der Waals surface area contributed by atoms with Gasteiger partial charge in [0.2, 0.25) is 11.0 Å². The van der Waals surface area contributed by atoms with Gasteiger partial charge < -0.3 is 10.2 Å². The fourth-order valence-electron chi connectivity index (χ4n) is 3.35. The molecule has 1 unspecified atom stereocenters. The Hall–Kier alpha value is -2.73. The molecular formula is C21H22N4OS. The van der Waals surface area contributed by atoms with Gasteiger partial charge in [-0.1, -0.05) is 60.7 Å². The second kappa shape index (κ2) is 8.31. The summed E-state index contributed by atoms with van der Waals surface area (Å²) in [6, 6.07) is 20.1. The Morgan fingerprint density at radius 3 is 2.59 bits per heavy atom. The third-order valence-corrected chi connectivity index (χ3v) is 5.44. The standard InChI is InChI=1S/C21H22N4OS/c26-20-18(13-15-25(20)14-7-10-16-8-3-1-4-9-16)22-21-23-19(24-27-21)17-11-5-2-6-12-17/h1-6,8-9,11-12,18H,7,10,13-15H2,(H,22,23,24). The van der Waals surface area contributed by atoms with Crippen LogP contribution in [-0.2, 0) is 11.2 Å². The van der Waals surface area contributed by atoms with Gasteiger partial charge in [0.05, 0.1) is 0 Å². The maximum absolute atomic E-state index is 12.6. The van der Waals surface area contributed by atoms with Gasteiger partial charge in [-0.3, -0.25) is 4.79 Å². The first-order chi connectivity index (χ1) is 13.3. The predicted octanol–water partition coefficient (Wildman–Crippen LogP) is 3.85. The molecule has 1 aliphatic rings. The number of benzene rings is 2. The smallest absolute Gasteiger partial charge is 0.245 e. The van der Waals surface area contributed by atoms with Gasteiger partial charge in [-0.15, -0.1) is 0 Å². The molecule has 1 fully saturated rings. The van der Waals surface area contributed by atoms with Crippen molar-refractivity contribution in [2.24, 2.45) is 0 Å². The largest absolute Gasteiger partial charge is 0.348 e. The van der Waals surface area contributed by atoms with Crippen molar-refractivity contribution in [3.63, 3.8) is 0 Å². The summed E-state index contributed by atoms with van der Waals surface area (Å²) in [4.78, 5) is 19.1. The molecule has 3 aromatic rings. The number of carbonyl (C=O) groups excluding carboxylic acids is 1. The Morgan fingerprint density at radius 1 is 1.07 bits per heavy atom. The highest BCUT2D eigenvalue weighted by atomic mass is 32.1. The number of likely N-dealkylation sites (tertiary alicyclic amines) is 1. The molecule has 0 radical (unpaired) electrons. The minimum Gasteiger partial charge on any atom is -0.348 e. The first kappa shape index (κ1) is 17.7. The van der Waals surface area contributed by atoms with Crippen molar-refractivity contribution >= 4 is 22.6 Å². The Morgan fingerprint density at radius 2 is 1.81 bits per heavy atom. The van der Waals surface area contributed by atoms with E-state index >= 15 is 0 Å². The summed E-state index contributed by atoms with van der Waals surface area (Å²) >= 11 is 1.31. The van der Waals surface area contributed by atoms with E-state index in [0.29, 0.717) is 11.0 Å². The Bertz CT molecular complexity index is 881. The molecule has 1 aromatic heterocycles. The van der Waals surface area contributed by atoms with Crippen LogP contribution < -0.4 is 5.32 Å². The van der Waals surface area contributed by atoms with E-state index in [-0.39, 0.29) is 11.9 Å². The number of amides is 1. The van der Waals surface area contributed by atoms with Crippen molar-refractivity contribution in [3.05, 3.63) is 66.2 Å². The normalized spacial score (nSPS) is 16.7. The number of anilines is 1. The number of aryl methyl sites for hydroxylation is 1. The molecule has 6 heteroatoms. The van der Waals surface area contributed by atoms with Gasteiger partial charge in [0, 0.05) is 30.2 Å². The van der Waals surface area contributed by atoms with E-state index < -0.39 is 0 Å². The monoisotopic (exact) mass is 378 g/mol. The summed E-state index contributed by atoms with van der Waals surface area (Å²) in [6.45, 7) is 1.60. The minimum atomic E-state index is -0.196. The summed E-state index contributed by atoms with van der Waals surface area (Å²) < 4.78 is 4.40. The topological polar surface area (TPSA) is 58.1 Å². The highest BCUT2D eigenvalue weighted by Crippen LogP contribution is 2.23. The second-order valence-electron chi connectivity index (χ2n) is 6.69. The number of nitrogens with one attached hydrogen (secondary N) is 1. The third kappa shape index (κ3) is 4.34. The molecule has 4 rings (SSSR count). The van der Waals surface area contributed by atoms with E-state index in [9.17, 15) is 4.79 Å². The molecule has 0 bridgehead atoms. The van der Waals surface area contributed by atoms with Crippen LogP contribution in [0, 0.1) is 0 Å². The number of aromatic nitrogens is 2. The molecule has 0 saturated carbocycles. The molecule has 0 aliphatic carbocycles. The molecule has 138 valence electrons. The second-order valence-corrected chi connectivity index (χ2v) is 7.44. The zero-order valence-electron chi connectivity index (χ0n) is 15.0. The molecule has 0 spiro atoms. The van der Waals surface area contributed by atoms with E-state index in [0.717, 1.165) is 37.9 Å². The van der Waals surface area contributed by atoms with E-state index in [2.05, 4.69) is 38.9 Å². The molecule has 2 aromatic carbocycles. The maximum atomic E-state index is 12.6. The molecule has 1 saturated heterocycles. The van der Waals surface area contributed by atoms with Crippen LogP contribution in [0.5, 0.6) is 0 Å². The quantitative estimate of drug-likeness (QED) is 0.678. The number of hydrogen-bond acceptors (Lipinski definition) is 5. The Balaban J connectivity index is 1.29. The van der Waals surface area contributed by atoms with Gasteiger partial charge in [0.15, 0.2) is 5.82 Å². The van der Waals surface area contributed by atoms with Gasteiger partial charge >= 0.3 is 0 Å². The highest BCUT2D eigenvalue weighted by Gasteiger charge is 2.31. The predicted molar refractivity (Wildman–Crippen MR) is 109 cm³/mol. The van der Waals surface area contributed by atoms with Gasteiger partial charge in [-0.05, 0) is 24.8 Å². The average Bonchev–Trinajstić information content (AvgIpc) is 3.32. The van der Waals surface area contributed by atoms with Gasteiger partial charge in [-0.25, -0.2) is 0 Å². The molecule has 27 heavy (non-hydrogen) atoms. The van der Waals surface area contributed by atoms with Crippen molar-refractivity contribution in [3.8, 4) is 11.4 Å². The van der Waals surface area contributed by atoms with Crippen molar-refractivity contribution in [2.45, 2.75) is 25.3 Å². The minimum absolute atomic E-state index is 0.166. The summed E-state index contributed by atoms with van der Waals surface area (Å²) in [5, 5.41) is 3.98. The highest BCUT2D eigenvalue weighted by molar-refractivity contribution is 7.09. The Kier molecular flexibility index (Phi) is 5.44. The van der Waals surface area contributed by atoms with E-state index in [1.165, 1.54) is 17.1 Å². The molecular weight excluding hydrogens is 356 g/mol. The number of carbonyl (C=O) groups is 1. The number of rotatable bonds is 7. The first-order valence-corrected chi connectivity index (χ1v) is 10.1. The van der Waals surface area contributed by atoms with Crippen LogP contribution in [-0.4, -0.2) is 39.3 Å². The van der Waals surface area contributed by atoms with Crippen LogP contribution in [0.1, 0.15) is 18.4 Å². The van der Waals surface area contributed by atoms with Crippen LogP contribution in [0.4, 0.5) is 5.13 Å². The molecule has 1 aliphatic heterocycles. The lowest BCUT2D eigenvalue weighted by atomic mass is 10.1. The fraction of sp³-hybridized carbons (Fsp3) is 0.286. The van der Waals surface area contributed by atoms with Crippen LogP contribution in [0.15, 0.2) is 60.7 Å². The van der Waals surface area contributed by atoms with E-state index in [4.69, 9.17) is 0 Å². The zero-order chi connectivity index (χ0) is 18.5. The van der Waals surface area contributed by atoms with E-state index in [1.54, 1.807) is 0 Å². The summed E-state index contributed by atoms with van der Waals surface area (Å²) in [5.41, 5.74) is 2.31. The average molecular weight is 379 g/mol. The number of nitrogens with zero attached hydrogens (tertiary/aromatic N) is 3. The lowest BCUT2D eigenvalue weighted by Crippen LogP contribution is -2.34. The first-order valence-electron chi connectivity index (χ1n) is 9.28. The van der Waals surface area contributed by atoms with Gasteiger partial charge in [0.25, 0.3) is 0 Å². The van der Waals surface area contributed by atoms with Crippen molar-refractivity contribution in [1.29, 1.82) is 0 Å². The fourth-order valence-corrected chi connectivity index (χ4v) is 3.99. The lowest BCUT2D eigenvalue weighted by molar-refractivity contribution is -0.128. The summed E-state index contributed by atoms with van der Waals surface area (Å²) in [7, 11) is 0. The van der Waals surface area contributed by atoms with Crippen LogP contribution in [0.2, 0.25) is 0 Å². The molecule has 1 N–H and O–H groups in total. The number of hydrogen-bond donors (Lipinski definition) is 1. The zero-order valence-corrected chi connectivity index (χ0v) is 15.9. The molecule has 2 heterocycles. The van der Waals surface area contributed by atoms with Crippen molar-refractivity contribution in [1.82, 2.24) is 14.3 Å². The maximum Gasteiger partial charge on any atom is 0.245 e. The lowest BCUT2D eigenvalue weighted by Gasteiger charge is -2.16.